The second-order valence-electron chi connectivity index (χ2n) is 4.98. The van der Waals surface area contributed by atoms with Gasteiger partial charge < -0.3 is 14.7 Å². The molecule has 0 unspecified atom stereocenters. The summed E-state index contributed by atoms with van der Waals surface area (Å²) >= 11 is 0. The number of carbonyl (C=O) groups excluding carboxylic acids is 1. The highest BCUT2D eigenvalue weighted by Gasteiger charge is 2.35. The molecule has 1 aromatic rings. The third-order valence-electron chi connectivity index (χ3n) is 3.52. The van der Waals surface area contributed by atoms with Gasteiger partial charge in [-0.3, -0.25) is 0 Å². The number of benzene rings is 1. The number of aliphatic hydroxyl groups excluding tert-OH is 1. The van der Waals surface area contributed by atoms with Gasteiger partial charge in [0.05, 0.1) is 0 Å². The first-order chi connectivity index (χ1) is 9.11. The fourth-order valence-corrected chi connectivity index (χ4v) is 2.42. The standard InChI is InChI=1S/C15H19NO3/c1-11(2)14-9-16(8-12(14)10-17)15(18)19-13-6-4-3-5-7-13/h3-7,12,14,17H,1,8-10H2,2H3/t12-,14-/m0/s1. The van der Waals surface area contributed by atoms with Crippen molar-refractivity contribution < 1.29 is 14.6 Å². The van der Waals surface area contributed by atoms with Crippen molar-refractivity contribution in [1.29, 1.82) is 0 Å². The number of amides is 1. The Labute approximate surface area is 113 Å². The number of likely N-dealkylation sites (tertiary alicyclic amines) is 1. The molecule has 0 bridgehead atoms. The first-order valence-electron chi connectivity index (χ1n) is 6.40. The van der Waals surface area contributed by atoms with Crippen molar-refractivity contribution >= 4 is 6.09 Å². The smallest absolute Gasteiger partial charge is 0.410 e. The molecular formula is C15H19NO3. The van der Waals surface area contributed by atoms with E-state index < -0.39 is 0 Å². The van der Waals surface area contributed by atoms with Crippen LogP contribution in [0, 0.1) is 11.8 Å². The summed E-state index contributed by atoms with van der Waals surface area (Å²) in [6, 6.07) is 8.99. The molecule has 1 amide bonds. The molecule has 1 saturated heterocycles. The van der Waals surface area contributed by atoms with Gasteiger partial charge in [-0.05, 0) is 19.1 Å². The zero-order valence-corrected chi connectivity index (χ0v) is 11.1. The topological polar surface area (TPSA) is 49.8 Å². The second-order valence-corrected chi connectivity index (χ2v) is 4.98. The summed E-state index contributed by atoms with van der Waals surface area (Å²) in [5, 5.41) is 9.35. The lowest BCUT2D eigenvalue weighted by Gasteiger charge is -2.16. The van der Waals surface area contributed by atoms with Crippen molar-refractivity contribution in [2.75, 3.05) is 19.7 Å². The maximum Gasteiger partial charge on any atom is 0.415 e. The Morgan fingerprint density at radius 2 is 2.11 bits per heavy atom. The van der Waals surface area contributed by atoms with Gasteiger partial charge in [-0.2, -0.15) is 0 Å². The van der Waals surface area contributed by atoms with Crippen LogP contribution in [0.2, 0.25) is 0 Å². The molecule has 0 aromatic heterocycles. The number of para-hydroxylation sites is 1. The lowest BCUT2D eigenvalue weighted by Crippen LogP contribution is -2.32. The van der Waals surface area contributed by atoms with Gasteiger partial charge in [0.15, 0.2) is 0 Å². The summed E-state index contributed by atoms with van der Waals surface area (Å²) in [5.41, 5.74) is 0.995. The summed E-state index contributed by atoms with van der Waals surface area (Å²) in [6.07, 6.45) is -0.367. The first kappa shape index (κ1) is 13.6. The normalized spacial score (nSPS) is 22.3. The van der Waals surface area contributed by atoms with Gasteiger partial charge in [0, 0.05) is 31.5 Å². The number of aliphatic hydroxyl groups is 1. The molecule has 102 valence electrons. The molecule has 1 aliphatic rings. The van der Waals surface area contributed by atoms with Crippen LogP contribution in [0.4, 0.5) is 4.79 Å². The minimum absolute atomic E-state index is 0.0563. The lowest BCUT2D eigenvalue weighted by atomic mass is 9.91. The van der Waals surface area contributed by atoms with E-state index >= 15 is 0 Å². The van der Waals surface area contributed by atoms with Crippen molar-refractivity contribution in [3.05, 3.63) is 42.5 Å². The fourth-order valence-electron chi connectivity index (χ4n) is 2.42. The first-order valence-corrected chi connectivity index (χ1v) is 6.40. The molecule has 2 atom stereocenters. The molecule has 19 heavy (non-hydrogen) atoms. The molecule has 4 nitrogen and oxygen atoms in total. The predicted molar refractivity (Wildman–Crippen MR) is 72.9 cm³/mol. The number of ether oxygens (including phenoxy) is 1. The third kappa shape index (κ3) is 3.15. The van der Waals surface area contributed by atoms with E-state index in [9.17, 15) is 9.90 Å². The molecule has 4 heteroatoms. The van der Waals surface area contributed by atoms with Crippen molar-refractivity contribution in [3.63, 3.8) is 0 Å². The predicted octanol–water partition coefficient (Wildman–Crippen LogP) is 2.30. The van der Waals surface area contributed by atoms with Crippen LogP contribution in [-0.2, 0) is 0 Å². The maximum absolute atomic E-state index is 12.0. The number of hydrogen-bond donors (Lipinski definition) is 1. The summed E-state index contributed by atoms with van der Waals surface area (Å²) in [6.45, 7) is 6.99. The van der Waals surface area contributed by atoms with Gasteiger partial charge in [0.1, 0.15) is 5.75 Å². The van der Waals surface area contributed by atoms with Gasteiger partial charge in [0.2, 0.25) is 0 Å². The van der Waals surface area contributed by atoms with Crippen LogP contribution < -0.4 is 4.74 Å². The molecule has 0 saturated carbocycles. The largest absolute Gasteiger partial charge is 0.415 e. The van der Waals surface area contributed by atoms with Crippen molar-refractivity contribution in [2.45, 2.75) is 6.92 Å². The van der Waals surface area contributed by atoms with Gasteiger partial charge in [0.25, 0.3) is 0 Å². The van der Waals surface area contributed by atoms with Crippen LogP contribution >= 0.6 is 0 Å². The third-order valence-corrected chi connectivity index (χ3v) is 3.52. The van der Waals surface area contributed by atoms with E-state index in [2.05, 4.69) is 6.58 Å². The van der Waals surface area contributed by atoms with Crippen LogP contribution in [0.15, 0.2) is 42.5 Å². The highest BCUT2D eigenvalue weighted by atomic mass is 16.6. The second kappa shape index (κ2) is 5.89. The SMILES string of the molecule is C=C(C)[C@@H]1CN(C(=O)Oc2ccccc2)C[C@H]1CO. The highest BCUT2D eigenvalue weighted by Crippen LogP contribution is 2.28. The van der Waals surface area contributed by atoms with Crippen LogP contribution in [0.1, 0.15) is 6.92 Å². The number of rotatable bonds is 3. The van der Waals surface area contributed by atoms with E-state index in [0.29, 0.717) is 18.8 Å². The van der Waals surface area contributed by atoms with E-state index in [0.717, 1.165) is 5.57 Å². The van der Waals surface area contributed by atoms with Crippen LogP contribution in [0.25, 0.3) is 0 Å². The number of carbonyl (C=O) groups is 1. The average molecular weight is 261 g/mol. The maximum atomic E-state index is 12.0. The Bertz CT molecular complexity index is 458. The van der Waals surface area contributed by atoms with E-state index in [4.69, 9.17) is 4.74 Å². The molecule has 1 aliphatic heterocycles. The minimum atomic E-state index is -0.367. The van der Waals surface area contributed by atoms with Gasteiger partial charge in [-0.1, -0.05) is 30.4 Å². The Kier molecular flexibility index (Phi) is 4.22. The zero-order chi connectivity index (χ0) is 13.8. The summed E-state index contributed by atoms with van der Waals surface area (Å²) in [4.78, 5) is 13.7. The summed E-state index contributed by atoms with van der Waals surface area (Å²) in [7, 11) is 0. The lowest BCUT2D eigenvalue weighted by molar-refractivity contribution is 0.157. The monoisotopic (exact) mass is 261 g/mol. The molecule has 0 spiro atoms. The fraction of sp³-hybridized carbons (Fsp3) is 0.400. The zero-order valence-electron chi connectivity index (χ0n) is 11.1. The highest BCUT2D eigenvalue weighted by molar-refractivity contribution is 5.71. The number of hydrogen-bond acceptors (Lipinski definition) is 3. The van der Waals surface area contributed by atoms with Crippen LogP contribution in [-0.4, -0.2) is 35.8 Å². The number of nitrogens with zero attached hydrogens (tertiary/aromatic N) is 1. The minimum Gasteiger partial charge on any atom is -0.410 e. The molecule has 2 rings (SSSR count). The molecule has 1 N–H and O–H groups in total. The van der Waals surface area contributed by atoms with E-state index in [1.54, 1.807) is 17.0 Å². The van der Waals surface area contributed by atoms with Crippen molar-refractivity contribution in [2.24, 2.45) is 11.8 Å². The van der Waals surface area contributed by atoms with Crippen molar-refractivity contribution in [1.82, 2.24) is 4.90 Å². The molecule has 0 radical (unpaired) electrons. The molecule has 1 heterocycles. The van der Waals surface area contributed by atoms with E-state index in [1.807, 2.05) is 25.1 Å². The van der Waals surface area contributed by atoms with Crippen LogP contribution in [0.5, 0.6) is 5.75 Å². The summed E-state index contributed by atoms with van der Waals surface area (Å²) in [5.74, 6) is 0.737. The quantitative estimate of drug-likeness (QED) is 0.849. The van der Waals surface area contributed by atoms with E-state index in [1.165, 1.54) is 0 Å². The molecule has 1 fully saturated rings. The van der Waals surface area contributed by atoms with Gasteiger partial charge >= 0.3 is 6.09 Å². The Hall–Kier alpha value is -1.81. The van der Waals surface area contributed by atoms with Gasteiger partial charge in [-0.25, -0.2) is 4.79 Å². The molecule has 0 aliphatic carbocycles. The Morgan fingerprint density at radius 1 is 1.42 bits per heavy atom. The Morgan fingerprint density at radius 3 is 2.63 bits per heavy atom. The molecule has 1 aromatic carbocycles. The van der Waals surface area contributed by atoms with Crippen molar-refractivity contribution in [3.8, 4) is 5.75 Å². The average Bonchev–Trinajstić information content (AvgIpc) is 2.84. The van der Waals surface area contributed by atoms with Crippen LogP contribution in [0.3, 0.4) is 0 Å². The van der Waals surface area contributed by atoms with E-state index in [-0.39, 0.29) is 24.5 Å². The summed E-state index contributed by atoms with van der Waals surface area (Å²) < 4.78 is 5.29. The van der Waals surface area contributed by atoms with Gasteiger partial charge in [-0.15, -0.1) is 0 Å². The molecular weight excluding hydrogens is 242 g/mol. The Balaban J connectivity index is 1.99.